The molecule has 2 nitrogen and oxygen atoms in total. The Kier molecular flexibility index (Phi) is 1.65. The Balaban J connectivity index is 2.12. The van der Waals surface area contributed by atoms with Crippen molar-refractivity contribution in [2.75, 3.05) is 6.54 Å². The Morgan fingerprint density at radius 3 is 2.71 bits per heavy atom. The van der Waals surface area contributed by atoms with E-state index in [0.717, 1.165) is 17.9 Å². The lowest BCUT2D eigenvalue weighted by molar-refractivity contribution is -0.134. The molecule has 1 saturated heterocycles. The molecule has 39 valence electrons. The van der Waals surface area contributed by atoms with E-state index in [0.29, 0.717) is 6.54 Å². The molecule has 0 bridgehead atoms. The average Bonchev–Trinajstić information content (AvgIpc) is 1.69. The Morgan fingerprint density at radius 2 is 2.43 bits per heavy atom. The van der Waals surface area contributed by atoms with Gasteiger partial charge in [0.1, 0.15) is 0 Å². The van der Waals surface area contributed by atoms with E-state index in [1.54, 1.807) is 6.54 Å². The first-order valence-corrected chi connectivity index (χ1v) is 2.50. The zero-order valence-electron chi connectivity index (χ0n) is 4.13. The van der Waals surface area contributed by atoms with Crippen LogP contribution in [-0.2, 0) is 5.21 Å². The van der Waals surface area contributed by atoms with Crippen molar-refractivity contribution < 1.29 is 5.21 Å². The maximum absolute atomic E-state index is 10.3. The van der Waals surface area contributed by atoms with E-state index in [9.17, 15) is 5.21 Å². The van der Waals surface area contributed by atoms with E-state index in [2.05, 4.69) is 0 Å². The van der Waals surface area contributed by atoms with Gasteiger partial charge in [0, 0.05) is 6.54 Å². The number of piperidine rings is 1. The maximum Gasteiger partial charge on any atom is 0.0597 e. The minimum atomic E-state index is 0.677. The Labute approximate surface area is 43.7 Å². The zero-order chi connectivity index (χ0) is 5.11. The predicted octanol–water partition coefficient (Wildman–Crippen LogP) is 0.794. The third-order valence-corrected chi connectivity index (χ3v) is 1.02. The zero-order valence-corrected chi connectivity index (χ0v) is 4.13. The van der Waals surface area contributed by atoms with Gasteiger partial charge in [0.05, 0.1) is 6.54 Å². The van der Waals surface area contributed by atoms with Gasteiger partial charge in [0.25, 0.3) is 0 Å². The van der Waals surface area contributed by atoms with Gasteiger partial charge in [-0.1, -0.05) is 0 Å². The second-order valence-electron chi connectivity index (χ2n) is 1.67. The highest BCUT2D eigenvalue weighted by atomic mass is 16.5. The lowest BCUT2D eigenvalue weighted by atomic mass is 10.2. The molecular weight excluding hydrogens is 90.1 g/mol. The summed E-state index contributed by atoms with van der Waals surface area (Å²) in [6, 6.07) is 0. The highest BCUT2D eigenvalue weighted by molar-refractivity contribution is 4.84. The predicted molar refractivity (Wildman–Crippen MR) is 25.2 cm³/mol. The molecule has 1 aliphatic heterocycles. The number of hydrogen-bond acceptors (Lipinski definition) is 1. The van der Waals surface area contributed by atoms with Crippen LogP contribution in [0, 0.1) is 13.0 Å². The lowest BCUT2D eigenvalue weighted by Crippen LogP contribution is -2.19. The quantitative estimate of drug-likeness (QED) is 0.439. The summed E-state index contributed by atoms with van der Waals surface area (Å²) < 4.78 is 0. The van der Waals surface area contributed by atoms with Gasteiger partial charge in [-0.3, -0.25) is 0 Å². The van der Waals surface area contributed by atoms with Gasteiger partial charge in [-0.25, -0.2) is 0 Å². The van der Waals surface area contributed by atoms with Crippen LogP contribution in [0.5, 0.6) is 0 Å². The van der Waals surface area contributed by atoms with Crippen molar-refractivity contribution in [1.29, 1.82) is 0 Å². The van der Waals surface area contributed by atoms with E-state index >= 15 is 0 Å². The molecule has 1 heterocycles. The molecule has 1 fully saturated rings. The van der Waals surface area contributed by atoms with E-state index < -0.39 is 0 Å². The molecule has 0 saturated carbocycles. The van der Waals surface area contributed by atoms with Crippen molar-refractivity contribution in [3.63, 3.8) is 0 Å². The average molecular weight is 98.1 g/mol. The van der Waals surface area contributed by atoms with Gasteiger partial charge in [0.15, 0.2) is 0 Å². The summed E-state index contributed by atoms with van der Waals surface area (Å²) >= 11 is 0. The number of hydroxylamine groups is 2. The first-order valence-electron chi connectivity index (χ1n) is 2.50. The minimum absolute atomic E-state index is 0.677. The molecule has 2 heteroatoms. The van der Waals surface area contributed by atoms with E-state index in [1.807, 2.05) is 6.42 Å². The summed E-state index contributed by atoms with van der Waals surface area (Å²) in [5.74, 6) is 0. The molecule has 3 radical (unpaired) electrons. The van der Waals surface area contributed by atoms with Crippen molar-refractivity contribution >= 4 is 0 Å². The van der Waals surface area contributed by atoms with Crippen molar-refractivity contribution in [1.82, 2.24) is 5.06 Å². The smallest absolute Gasteiger partial charge is 0.0597 e. The highest BCUT2D eigenvalue weighted by Crippen LogP contribution is 2.07. The molecule has 0 aromatic heterocycles. The number of rotatable bonds is 0. The fourth-order valence-corrected chi connectivity index (χ4v) is 0.632. The number of hydrogen-bond donors (Lipinski definition) is 0. The highest BCUT2D eigenvalue weighted by Gasteiger charge is 2.07. The fourth-order valence-electron chi connectivity index (χ4n) is 0.632. The van der Waals surface area contributed by atoms with Gasteiger partial charge in [-0.2, -0.15) is 0 Å². The Hall–Kier alpha value is -0.0800. The third-order valence-electron chi connectivity index (χ3n) is 1.02. The molecule has 0 atom stereocenters. The maximum atomic E-state index is 10.3. The van der Waals surface area contributed by atoms with Crippen molar-refractivity contribution in [2.45, 2.75) is 12.8 Å². The lowest BCUT2D eigenvalue weighted by Gasteiger charge is -2.14. The van der Waals surface area contributed by atoms with E-state index in [-0.39, 0.29) is 0 Å². The molecule has 0 aromatic carbocycles. The van der Waals surface area contributed by atoms with Gasteiger partial charge in [0.2, 0.25) is 0 Å². The van der Waals surface area contributed by atoms with Gasteiger partial charge < -0.3 is 0 Å². The van der Waals surface area contributed by atoms with Crippen LogP contribution < -0.4 is 0 Å². The summed E-state index contributed by atoms with van der Waals surface area (Å²) in [6.45, 7) is 2.26. The van der Waals surface area contributed by atoms with Crippen molar-refractivity contribution in [3.05, 3.63) is 13.0 Å². The molecule has 0 unspecified atom stereocenters. The van der Waals surface area contributed by atoms with Crippen LogP contribution in [0.4, 0.5) is 0 Å². The Bertz CT molecular complexity index is 50.0. The SMILES string of the molecule is [O]N1[CH][CH]CCC1. The standard InChI is InChI=1S/C5H8NO/c7-6-4-2-1-3-5-6/h2,4H,1,3,5H2. The molecule has 1 rings (SSSR count). The van der Waals surface area contributed by atoms with Crippen LogP contribution in [0.1, 0.15) is 12.8 Å². The minimum Gasteiger partial charge on any atom is -0.150 e. The molecule has 0 N–H and O–H groups in total. The first kappa shape index (κ1) is 5.06. The van der Waals surface area contributed by atoms with Gasteiger partial charge in [-0.05, 0) is 19.3 Å². The second kappa shape index (κ2) is 2.28. The summed E-state index contributed by atoms with van der Waals surface area (Å²) in [6.07, 6.45) is 3.98. The monoisotopic (exact) mass is 98.1 g/mol. The topological polar surface area (TPSA) is 23.1 Å². The molecular formula is C5H8NO. The normalized spacial score (nSPS) is 25.3. The van der Waals surface area contributed by atoms with Crippen LogP contribution in [0.2, 0.25) is 0 Å². The summed E-state index contributed by atoms with van der Waals surface area (Å²) in [5.41, 5.74) is 0. The third kappa shape index (κ3) is 1.45. The molecule has 0 aromatic rings. The molecule has 0 aliphatic carbocycles. The van der Waals surface area contributed by atoms with Crippen LogP contribution >= 0.6 is 0 Å². The number of nitrogens with zero attached hydrogens (tertiary/aromatic N) is 1. The van der Waals surface area contributed by atoms with E-state index in [1.165, 1.54) is 0 Å². The van der Waals surface area contributed by atoms with Gasteiger partial charge in [-0.15, -0.1) is 10.3 Å². The molecule has 0 spiro atoms. The van der Waals surface area contributed by atoms with Crippen LogP contribution in [0.15, 0.2) is 0 Å². The first-order chi connectivity index (χ1) is 3.39. The summed E-state index contributed by atoms with van der Waals surface area (Å²) in [4.78, 5) is 0. The van der Waals surface area contributed by atoms with Gasteiger partial charge >= 0.3 is 0 Å². The van der Waals surface area contributed by atoms with Crippen LogP contribution in [0.3, 0.4) is 0 Å². The molecule has 7 heavy (non-hydrogen) atoms. The fraction of sp³-hybridized carbons (Fsp3) is 0.600. The van der Waals surface area contributed by atoms with Crippen LogP contribution in [-0.4, -0.2) is 11.6 Å². The van der Waals surface area contributed by atoms with Crippen LogP contribution in [0.25, 0.3) is 0 Å². The summed E-state index contributed by atoms with van der Waals surface area (Å²) in [5, 5.41) is 11.3. The van der Waals surface area contributed by atoms with Crippen molar-refractivity contribution in [3.8, 4) is 0 Å². The largest absolute Gasteiger partial charge is 0.150 e. The Morgan fingerprint density at radius 1 is 1.57 bits per heavy atom. The summed E-state index contributed by atoms with van der Waals surface area (Å²) in [7, 11) is 0. The van der Waals surface area contributed by atoms with Crippen molar-refractivity contribution in [2.24, 2.45) is 0 Å². The molecule has 1 aliphatic rings. The second-order valence-corrected chi connectivity index (χ2v) is 1.67. The van der Waals surface area contributed by atoms with E-state index in [4.69, 9.17) is 0 Å². The molecule has 0 amide bonds.